The van der Waals surface area contributed by atoms with Crippen molar-refractivity contribution in [2.45, 2.75) is 19.8 Å². The topological polar surface area (TPSA) is 112 Å². The highest BCUT2D eigenvalue weighted by Crippen LogP contribution is 2.44. The lowest BCUT2D eigenvalue weighted by molar-refractivity contribution is -0.139. The Balaban J connectivity index is 1.75. The number of esters is 1. The standard InChI is InChI=1S/C22H18N4O5/c1-3-29-22(28)16-12(2)31-21-18(17(16)15-9-6-10-30-15)20-24-19(25-26(20)11-23-21)13-7-4-5-8-14(13)27/h4-11,17,27H,3H2,1-2H3. The second kappa shape index (κ2) is 7.28. The summed E-state index contributed by atoms with van der Waals surface area (Å²) in [6, 6.07) is 10.3. The molecule has 1 unspecified atom stereocenters. The molecule has 31 heavy (non-hydrogen) atoms. The van der Waals surface area contributed by atoms with E-state index < -0.39 is 11.9 Å². The minimum Gasteiger partial charge on any atom is -0.507 e. The van der Waals surface area contributed by atoms with Crippen molar-refractivity contribution < 1.29 is 23.8 Å². The third-order valence-electron chi connectivity index (χ3n) is 5.06. The van der Waals surface area contributed by atoms with Gasteiger partial charge in [-0.3, -0.25) is 0 Å². The van der Waals surface area contributed by atoms with Crippen LogP contribution in [-0.2, 0) is 9.53 Å². The van der Waals surface area contributed by atoms with Crippen LogP contribution in [0.1, 0.15) is 31.1 Å². The molecule has 5 rings (SSSR count). The number of phenolic OH excluding ortho intramolecular Hbond substituents is 1. The summed E-state index contributed by atoms with van der Waals surface area (Å²) >= 11 is 0. The van der Waals surface area contributed by atoms with E-state index in [1.165, 1.54) is 17.1 Å². The predicted octanol–water partition coefficient (Wildman–Crippen LogP) is 3.45. The van der Waals surface area contributed by atoms with Gasteiger partial charge in [0.1, 0.15) is 23.6 Å². The van der Waals surface area contributed by atoms with E-state index in [-0.39, 0.29) is 12.4 Å². The third-order valence-corrected chi connectivity index (χ3v) is 5.06. The summed E-state index contributed by atoms with van der Waals surface area (Å²) in [5.41, 5.74) is 1.74. The number of para-hydroxylation sites is 1. The molecule has 0 radical (unpaired) electrons. The van der Waals surface area contributed by atoms with Gasteiger partial charge in [-0.2, -0.15) is 0 Å². The van der Waals surface area contributed by atoms with Gasteiger partial charge < -0.3 is 19.0 Å². The molecule has 4 heterocycles. The number of aromatic hydroxyl groups is 1. The van der Waals surface area contributed by atoms with Gasteiger partial charge in [0.25, 0.3) is 0 Å². The number of carbonyl (C=O) groups excluding carboxylic acids is 1. The molecule has 1 aliphatic rings. The van der Waals surface area contributed by atoms with E-state index in [1.54, 1.807) is 50.2 Å². The van der Waals surface area contributed by atoms with Gasteiger partial charge in [-0.05, 0) is 38.1 Å². The summed E-state index contributed by atoms with van der Waals surface area (Å²) < 4.78 is 18.3. The first kappa shape index (κ1) is 18.9. The molecular weight excluding hydrogens is 400 g/mol. The fourth-order valence-electron chi connectivity index (χ4n) is 3.73. The Labute approximate surface area is 176 Å². The number of rotatable bonds is 4. The lowest BCUT2D eigenvalue weighted by Gasteiger charge is -2.26. The monoisotopic (exact) mass is 418 g/mol. The van der Waals surface area contributed by atoms with Gasteiger partial charge in [-0.25, -0.2) is 19.3 Å². The van der Waals surface area contributed by atoms with Crippen LogP contribution >= 0.6 is 0 Å². The molecule has 0 spiro atoms. The molecule has 9 heteroatoms. The summed E-state index contributed by atoms with van der Waals surface area (Å²) in [6.45, 7) is 3.65. The lowest BCUT2D eigenvalue weighted by atomic mass is 9.87. The first-order chi connectivity index (χ1) is 15.1. The largest absolute Gasteiger partial charge is 0.507 e. The maximum atomic E-state index is 12.8. The Morgan fingerprint density at radius 3 is 2.84 bits per heavy atom. The van der Waals surface area contributed by atoms with Crippen LogP contribution in [0.25, 0.3) is 17.0 Å². The van der Waals surface area contributed by atoms with Crippen molar-refractivity contribution in [1.82, 2.24) is 19.6 Å². The second-order valence-electron chi connectivity index (χ2n) is 6.92. The highest BCUT2D eigenvalue weighted by atomic mass is 16.5. The van der Waals surface area contributed by atoms with Crippen molar-refractivity contribution in [3.05, 3.63) is 71.6 Å². The average Bonchev–Trinajstić information content (AvgIpc) is 3.43. The van der Waals surface area contributed by atoms with Crippen molar-refractivity contribution >= 4 is 11.6 Å². The van der Waals surface area contributed by atoms with Crippen LogP contribution in [-0.4, -0.2) is 37.3 Å². The Morgan fingerprint density at radius 2 is 2.10 bits per heavy atom. The van der Waals surface area contributed by atoms with Crippen LogP contribution in [0.5, 0.6) is 11.6 Å². The molecule has 0 fully saturated rings. The number of hydrogen-bond acceptors (Lipinski definition) is 8. The molecule has 1 N–H and O–H groups in total. The Morgan fingerprint density at radius 1 is 1.26 bits per heavy atom. The predicted molar refractivity (Wildman–Crippen MR) is 108 cm³/mol. The molecule has 0 saturated carbocycles. The summed E-state index contributed by atoms with van der Waals surface area (Å²) in [7, 11) is 0. The normalized spacial score (nSPS) is 15.6. The minimum atomic E-state index is -0.643. The molecular formula is C22H18N4O5. The van der Waals surface area contributed by atoms with Gasteiger partial charge in [0.15, 0.2) is 11.5 Å². The van der Waals surface area contributed by atoms with Gasteiger partial charge in [-0.1, -0.05) is 12.1 Å². The number of hydrogen-bond donors (Lipinski definition) is 1. The third kappa shape index (κ3) is 3.02. The molecule has 4 aromatic rings. The Bertz CT molecular complexity index is 1320. The number of fused-ring (bicyclic) bond motifs is 3. The molecule has 0 bridgehead atoms. The van der Waals surface area contributed by atoms with Crippen LogP contribution < -0.4 is 4.74 Å². The quantitative estimate of drug-likeness (QED) is 0.502. The van der Waals surface area contributed by atoms with E-state index >= 15 is 0 Å². The maximum absolute atomic E-state index is 12.8. The van der Waals surface area contributed by atoms with Gasteiger partial charge in [0.05, 0.1) is 35.5 Å². The van der Waals surface area contributed by atoms with E-state index in [2.05, 4.69) is 15.1 Å². The zero-order valence-corrected chi connectivity index (χ0v) is 16.8. The fraction of sp³-hybridized carbons (Fsp3) is 0.182. The van der Waals surface area contributed by atoms with E-state index in [9.17, 15) is 9.90 Å². The van der Waals surface area contributed by atoms with Gasteiger partial charge >= 0.3 is 5.97 Å². The number of nitrogens with zero attached hydrogens (tertiary/aromatic N) is 4. The van der Waals surface area contributed by atoms with Gasteiger partial charge in [0, 0.05) is 0 Å². The second-order valence-corrected chi connectivity index (χ2v) is 6.92. The van der Waals surface area contributed by atoms with E-state index in [4.69, 9.17) is 13.9 Å². The molecule has 0 amide bonds. The molecule has 9 nitrogen and oxygen atoms in total. The number of phenols is 1. The first-order valence-corrected chi connectivity index (χ1v) is 9.71. The van der Waals surface area contributed by atoms with Gasteiger partial charge in [-0.15, -0.1) is 5.10 Å². The highest BCUT2D eigenvalue weighted by molar-refractivity contribution is 5.93. The molecule has 0 aliphatic carbocycles. The SMILES string of the molecule is CCOC(=O)C1=C(C)Oc2ncn3nc(-c4ccccc4O)nc3c2C1c1ccco1. The summed E-state index contributed by atoms with van der Waals surface area (Å²) in [5.74, 6) is 0.427. The van der Waals surface area contributed by atoms with Crippen LogP contribution in [0.3, 0.4) is 0 Å². The average molecular weight is 418 g/mol. The zero-order chi connectivity index (χ0) is 21.5. The molecule has 1 aromatic carbocycles. The van der Waals surface area contributed by atoms with Crippen LogP contribution in [0, 0.1) is 0 Å². The molecule has 1 aliphatic heterocycles. The van der Waals surface area contributed by atoms with Gasteiger partial charge in [0.2, 0.25) is 5.88 Å². The van der Waals surface area contributed by atoms with Crippen molar-refractivity contribution in [2.75, 3.05) is 6.61 Å². The van der Waals surface area contributed by atoms with E-state index in [0.29, 0.717) is 45.6 Å². The smallest absolute Gasteiger partial charge is 0.338 e. The Kier molecular flexibility index (Phi) is 4.43. The molecule has 0 saturated heterocycles. The summed E-state index contributed by atoms with van der Waals surface area (Å²) in [6.07, 6.45) is 3.01. The van der Waals surface area contributed by atoms with Crippen LogP contribution in [0.15, 0.2) is 64.7 Å². The minimum absolute atomic E-state index is 0.0574. The number of furan rings is 1. The number of allylic oxidation sites excluding steroid dienone is 1. The lowest BCUT2D eigenvalue weighted by Crippen LogP contribution is -2.24. The number of carbonyl (C=O) groups is 1. The van der Waals surface area contributed by atoms with E-state index in [0.717, 1.165) is 0 Å². The number of benzene rings is 1. The number of aromatic nitrogens is 4. The van der Waals surface area contributed by atoms with Crippen LogP contribution in [0.4, 0.5) is 0 Å². The Hall–Kier alpha value is -4.14. The fourth-order valence-corrected chi connectivity index (χ4v) is 3.73. The van der Waals surface area contributed by atoms with Crippen molar-refractivity contribution in [1.29, 1.82) is 0 Å². The molecule has 1 atom stereocenters. The summed E-state index contributed by atoms with van der Waals surface area (Å²) in [5, 5.41) is 14.7. The van der Waals surface area contributed by atoms with Crippen molar-refractivity contribution in [3.63, 3.8) is 0 Å². The molecule has 156 valence electrons. The van der Waals surface area contributed by atoms with Crippen LogP contribution in [0.2, 0.25) is 0 Å². The van der Waals surface area contributed by atoms with Crippen molar-refractivity contribution in [3.8, 4) is 23.0 Å². The van der Waals surface area contributed by atoms with Crippen molar-refractivity contribution in [2.24, 2.45) is 0 Å². The molecule has 3 aromatic heterocycles. The zero-order valence-electron chi connectivity index (χ0n) is 16.8. The number of ether oxygens (including phenoxy) is 2. The summed E-state index contributed by atoms with van der Waals surface area (Å²) in [4.78, 5) is 21.8. The first-order valence-electron chi connectivity index (χ1n) is 9.71. The van der Waals surface area contributed by atoms with E-state index in [1.807, 2.05) is 0 Å². The highest BCUT2D eigenvalue weighted by Gasteiger charge is 2.39. The maximum Gasteiger partial charge on any atom is 0.338 e.